The van der Waals surface area contributed by atoms with Crippen molar-refractivity contribution < 1.29 is 22.7 Å². The molecule has 7 heteroatoms. The van der Waals surface area contributed by atoms with E-state index in [0.29, 0.717) is 23.6 Å². The number of anilines is 1. The second-order valence-corrected chi connectivity index (χ2v) is 8.24. The van der Waals surface area contributed by atoms with Gasteiger partial charge in [-0.1, -0.05) is 6.07 Å². The summed E-state index contributed by atoms with van der Waals surface area (Å²) in [7, 11) is -3.32. The highest BCUT2D eigenvalue weighted by atomic mass is 32.2. The zero-order valence-electron chi connectivity index (χ0n) is 14.5. The molecule has 6 nitrogen and oxygen atoms in total. The minimum absolute atomic E-state index is 0.139. The Kier molecular flexibility index (Phi) is 5.58. The highest BCUT2D eigenvalue weighted by Gasteiger charge is 2.16. The number of benzene rings is 2. The van der Waals surface area contributed by atoms with Crippen LogP contribution in [0.1, 0.15) is 23.2 Å². The summed E-state index contributed by atoms with van der Waals surface area (Å²) in [5, 5.41) is 2.70. The van der Waals surface area contributed by atoms with Crippen molar-refractivity contribution in [3.8, 4) is 5.75 Å². The summed E-state index contributed by atoms with van der Waals surface area (Å²) in [6.07, 6.45) is 3.34. The molecule has 1 heterocycles. The van der Waals surface area contributed by atoms with Crippen LogP contribution in [-0.2, 0) is 14.6 Å². The Labute approximate surface area is 153 Å². The fourth-order valence-electron chi connectivity index (χ4n) is 2.68. The minimum Gasteiger partial charge on any atom is -0.491 e. The normalized spacial score (nSPS) is 17.0. The van der Waals surface area contributed by atoms with Gasteiger partial charge in [-0.25, -0.2) is 8.42 Å². The van der Waals surface area contributed by atoms with Gasteiger partial charge in [0.25, 0.3) is 5.91 Å². The fourth-order valence-corrected chi connectivity index (χ4v) is 3.34. The first kappa shape index (κ1) is 18.4. The maximum atomic E-state index is 12.3. The molecular weight excluding hydrogens is 354 g/mol. The number of rotatable bonds is 6. The van der Waals surface area contributed by atoms with E-state index in [1.165, 1.54) is 12.1 Å². The van der Waals surface area contributed by atoms with Gasteiger partial charge in [0.1, 0.15) is 12.4 Å². The predicted octanol–water partition coefficient (Wildman–Crippen LogP) is 2.90. The minimum atomic E-state index is -3.32. The zero-order chi connectivity index (χ0) is 18.6. The molecule has 0 aliphatic carbocycles. The van der Waals surface area contributed by atoms with Gasteiger partial charge in [-0.05, 0) is 55.3 Å². The molecule has 1 unspecified atom stereocenters. The van der Waals surface area contributed by atoms with Crippen molar-refractivity contribution >= 4 is 21.4 Å². The number of carbonyl (C=O) groups is 1. The quantitative estimate of drug-likeness (QED) is 0.840. The van der Waals surface area contributed by atoms with E-state index in [4.69, 9.17) is 9.47 Å². The van der Waals surface area contributed by atoms with Gasteiger partial charge in [-0.3, -0.25) is 4.79 Å². The third-order valence-electron chi connectivity index (χ3n) is 4.10. The third kappa shape index (κ3) is 4.83. The lowest BCUT2D eigenvalue weighted by atomic mass is 10.2. The SMILES string of the molecule is CS(=O)(=O)c1cccc(NC(=O)c2ccc(OCC3CCCO3)cc2)c1. The molecular formula is C19H21NO5S. The summed E-state index contributed by atoms with van der Waals surface area (Å²) in [6.45, 7) is 1.29. The Balaban J connectivity index is 1.61. The standard InChI is InChI=1S/C19H21NO5S/c1-26(22,23)18-6-2-4-15(12-18)20-19(21)14-7-9-16(10-8-14)25-13-17-5-3-11-24-17/h2,4,6-10,12,17H,3,5,11,13H2,1H3,(H,20,21). The zero-order valence-corrected chi connectivity index (χ0v) is 15.3. The third-order valence-corrected chi connectivity index (χ3v) is 5.21. The van der Waals surface area contributed by atoms with Crippen LogP contribution in [0.25, 0.3) is 0 Å². The molecule has 3 rings (SSSR count). The van der Waals surface area contributed by atoms with E-state index in [9.17, 15) is 13.2 Å². The molecule has 1 N–H and O–H groups in total. The highest BCUT2D eigenvalue weighted by molar-refractivity contribution is 7.90. The summed E-state index contributed by atoms with van der Waals surface area (Å²) in [6, 6.07) is 13.0. The first-order valence-electron chi connectivity index (χ1n) is 8.38. The molecule has 138 valence electrons. The molecule has 0 spiro atoms. The number of carbonyl (C=O) groups excluding carboxylic acids is 1. The van der Waals surface area contributed by atoms with Crippen LogP contribution in [0.2, 0.25) is 0 Å². The van der Waals surface area contributed by atoms with Crippen molar-refractivity contribution in [3.63, 3.8) is 0 Å². The lowest BCUT2D eigenvalue weighted by Gasteiger charge is -2.12. The number of ether oxygens (including phenoxy) is 2. The number of nitrogens with one attached hydrogen (secondary N) is 1. The van der Waals surface area contributed by atoms with E-state index in [1.54, 1.807) is 36.4 Å². The Hall–Kier alpha value is -2.38. The molecule has 26 heavy (non-hydrogen) atoms. The molecule has 0 bridgehead atoms. The summed E-state index contributed by atoms with van der Waals surface area (Å²) in [5.41, 5.74) is 0.885. The maximum Gasteiger partial charge on any atom is 0.255 e. The fraction of sp³-hybridized carbons (Fsp3) is 0.316. The summed E-state index contributed by atoms with van der Waals surface area (Å²) in [5.74, 6) is 0.359. The molecule has 1 aliphatic rings. The van der Waals surface area contributed by atoms with Crippen LogP contribution >= 0.6 is 0 Å². The van der Waals surface area contributed by atoms with E-state index in [1.807, 2.05) is 0 Å². The smallest absolute Gasteiger partial charge is 0.255 e. The van der Waals surface area contributed by atoms with Crippen molar-refractivity contribution in [1.29, 1.82) is 0 Å². The van der Waals surface area contributed by atoms with Crippen LogP contribution in [-0.4, -0.2) is 39.9 Å². The molecule has 1 fully saturated rings. The summed E-state index contributed by atoms with van der Waals surface area (Å²) >= 11 is 0. The van der Waals surface area contributed by atoms with E-state index < -0.39 is 9.84 Å². The Morgan fingerprint density at radius 3 is 2.65 bits per heavy atom. The van der Waals surface area contributed by atoms with Gasteiger partial charge in [0.05, 0.1) is 11.0 Å². The first-order chi connectivity index (χ1) is 12.4. The average molecular weight is 375 g/mol. The number of hydrogen-bond donors (Lipinski definition) is 1. The Morgan fingerprint density at radius 1 is 1.23 bits per heavy atom. The monoisotopic (exact) mass is 375 g/mol. The lowest BCUT2D eigenvalue weighted by Crippen LogP contribution is -2.16. The van der Waals surface area contributed by atoms with Gasteiger partial charge >= 0.3 is 0 Å². The van der Waals surface area contributed by atoms with Crippen molar-refractivity contribution in [1.82, 2.24) is 0 Å². The predicted molar refractivity (Wildman–Crippen MR) is 98.4 cm³/mol. The second-order valence-electron chi connectivity index (χ2n) is 6.22. The van der Waals surface area contributed by atoms with Crippen LogP contribution < -0.4 is 10.1 Å². The molecule has 1 amide bonds. The van der Waals surface area contributed by atoms with E-state index in [-0.39, 0.29) is 16.9 Å². The van der Waals surface area contributed by atoms with Crippen molar-refractivity contribution in [2.75, 3.05) is 24.8 Å². The van der Waals surface area contributed by atoms with Gasteiger partial charge in [-0.2, -0.15) is 0 Å². The molecule has 1 atom stereocenters. The van der Waals surface area contributed by atoms with Crippen LogP contribution in [0.4, 0.5) is 5.69 Å². The van der Waals surface area contributed by atoms with Gasteiger partial charge in [0.2, 0.25) is 0 Å². The van der Waals surface area contributed by atoms with Gasteiger partial charge in [0.15, 0.2) is 9.84 Å². The maximum absolute atomic E-state index is 12.3. The van der Waals surface area contributed by atoms with Crippen molar-refractivity contribution in [2.45, 2.75) is 23.8 Å². The van der Waals surface area contributed by atoms with Gasteiger partial charge < -0.3 is 14.8 Å². The molecule has 1 aliphatic heterocycles. The molecule has 0 radical (unpaired) electrons. The Bertz CT molecular complexity index is 871. The number of sulfone groups is 1. The van der Waals surface area contributed by atoms with E-state index in [2.05, 4.69) is 5.32 Å². The molecule has 2 aromatic rings. The molecule has 2 aromatic carbocycles. The largest absolute Gasteiger partial charge is 0.491 e. The van der Waals surface area contributed by atoms with Gasteiger partial charge in [-0.15, -0.1) is 0 Å². The topological polar surface area (TPSA) is 81.7 Å². The summed E-state index contributed by atoms with van der Waals surface area (Å²) < 4.78 is 34.4. The summed E-state index contributed by atoms with van der Waals surface area (Å²) in [4.78, 5) is 12.5. The molecule has 0 saturated carbocycles. The van der Waals surface area contributed by atoms with Crippen LogP contribution in [0.5, 0.6) is 5.75 Å². The molecule has 0 aromatic heterocycles. The van der Waals surface area contributed by atoms with E-state index in [0.717, 1.165) is 25.7 Å². The Morgan fingerprint density at radius 2 is 2.00 bits per heavy atom. The number of amides is 1. The van der Waals surface area contributed by atoms with Crippen LogP contribution in [0, 0.1) is 0 Å². The molecule has 1 saturated heterocycles. The van der Waals surface area contributed by atoms with Crippen molar-refractivity contribution in [3.05, 3.63) is 54.1 Å². The van der Waals surface area contributed by atoms with E-state index >= 15 is 0 Å². The van der Waals surface area contributed by atoms with Crippen molar-refractivity contribution in [2.24, 2.45) is 0 Å². The number of hydrogen-bond acceptors (Lipinski definition) is 5. The van der Waals surface area contributed by atoms with Crippen LogP contribution in [0.3, 0.4) is 0 Å². The lowest BCUT2D eigenvalue weighted by molar-refractivity contribution is 0.0679. The van der Waals surface area contributed by atoms with Crippen LogP contribution in [0.15, 0.2) is 53.4 Å². The van der Waals surface area contributed by atoms with Gasteiger partial charge in [0, 0.05) is 24.1 Å². The first-order valence-corrected chi connectivity index (χ1v) is 10.3. The second kappa shape index (κ2) is 7.88. The highest BCUT2D eigenvalue weighted by Crippen LogP contribution is 2.19. The average Bonchev–Trinajstić information content (AvgIpc) is 3.13.